The van der Waals surface area contributed by atoms with E-state index in [1.165, 1.54) is 0 Å². The Hall–Kier alpha value is -0.820. The molecule has 2 rings (SSSR count). The van der Waals surface area contributed by atoms with Gasteiger partial charge in [0.15, 0.2) is 12.7 Å². The maximum Gasteiger partial charge on any atom is 0.167 e. The fraction of sp³-hybridized carbons (Fsp3) is 0.286. The molecule has 58 valence electrons. The number of allylic oxidation sites excluding steroid dienone is 2. The van der Waals surface area contributed by atoms with Crippen LogP contribution in [0.2, 0.25) is 0 Å². The molecule has 11 heavy (non-hydrogen) atoms. The van der Waals surface area contributed by atoms with Gasteiger partial charge < -0.3 is 9.55 Å². The predicted molar refractivity (Wildman–Crippen MR) is 44.7 cm³/mol. The van der Waals surface area contributed by atoms with Crippen LogP contribution in [0.5, 0.6) is 0 Å². The number of rotatable bonds is 1. The first-order valence-electron chi connectivity index (χ1n) is 3.54. The van der Waals surface area contributed by atoms with Gasteiger partial charge in [-0.3, -0.25) is 0 Å². The summed E-state index contributed by atoms with van der Waals surface area (Å²) in [7, 11) is -2.15. The van der Waals surface area contributed by atoms with Crippen LogP contribution in [-0.4, -0.2) is 22.3 Å². The van der Waals surface area contributed by atoms with E-state index >= 15 is 0 Å². The summed E-state index contributed by atoms with van der Waals surface area (Å²) in [6, 6.07) is 0. The molecule has 0 saturated heterocycles. The Morgan fingerprint density at radius 1 is 1.45 bits per heavy atom. The van der Waals surface area contributed by atoms with Crippen molar-refractivity contribution in [1.82, 2.24) is 9.97 Å². The third-order valence-corrected chi connectivity index (χ3v) is 4.46. The lowest BCUT2D eigenvalue weighted by atomic mass is 10.6. The lowest BCUT2D eigenvalue weighted by Crippen LogP contribution is -2.10. The number of hydrogen-bond acceptors (Lipinski definition) is 2. The van der Waals surface area contributed by atoms with Crippen molar-refractivity contribution in [1.29, 1.82) is 0 Å². The summed E-state index contributed by atoms with van der Waals surface area (Å²) in [5.41, 5.74) is 0.669. The van der Waals surface area contributed by atoms with E-state index in [9.17, 15) is 4.57 Å². The van der Waals surface area contributed by atoms with Crippen molar-refractivity contribution >= 4 is 12.7 Å². The van der Waals surface area contributed by atoms with Gasteiger partial charge in [0.1, 0.15) is 0 Å². The zero-order valence-electron chi connectivity index (χ0n) is 6.03. The van der Waals surface area contributed by atoms with Crippen LogP contribution in [0.25, 0.3) is 0 Å². The van der Waals surface area contributed by atoms with Crippen molar-refractivity contribution in [3.8, 4) is 0 Å². The molecule has 0 amide bonds. The molecule has 0 atom stereocenters. The Kier molecular flexibility index (Phi) is 1.46. The second kappa shape index (κ2) is 2.35. The highest BCUT2D eigenvalue weighted by molar-refractivity contribution is 7.71. The van der Waals surface area contributed by atoms with E-state index in [1.54, 1.807) is 12.4 Å². The van der Waals surface area contributed by atoms with Crippen LogP contribution in [0.3, 0.4) is 0 Å². The molecule has 1 aromatic rings. The maximum atomic E-state index is 11.9. The second-order valence-electron chi connectivity index (χ2n) is 2.64. The van der Waals surface area contributed by atoms with Gasteiger partial charge in [-0.1, -0.05) is 12.2 Å². The zero-order valence-corrected chi connectivity index (χ0v) is 6.92. The number of hydrogen-bond donors (Lipinski definition) is 1. The Bertz CT molecular complexity index is 303. The number of aromatic amines is 1. The van der Waals surface area contributed by atoms with E-state index in [0.29, 0.717) is 17.9 Å². The first-order valence-corrected chi connectivity index (χ1v) is 5.62. The van der Waals surface area contributed by atoms with Crippen molar-refractivity contribution in [3.63, 3.8) is 0 Å². The first-order chi connectivity index (χ1) is 5.31. The molecule has 4 heteroatoms. The van der Waals surface area contributed by atoms with Crippen molar-refractivity contribution in [2.75, 3.05) is 12.3 Å². The number of nitrogens with one attached hydrogen (secondary N) is 1. The normalized spacial score (nSPS) is 20.7. The van der Waals surface area contributed by atoms with Crippen LogP contribution in [0, 0.1) is 0 Å². The molecule has 0 fully saturated rings. The molecule has 0 aromatic carbocycles. The zero-order chi connectivity index (χ0) is 7.73. The minimum atomic E-state index is -2.15. The largest absolute Gasteiger partial charge is 0.342 e. The highest BCUT2D eigenvalue weighted by atomic mass is 31.2. The molecule has 0 saturated carbocycles. The third-order valence-electron chi connectivity index (χ3n) is 1.84. The molecule has 1 aliphatic rings. The van der Waals surface area contributed by atoms with Crippen molar-refractivity contribution < 1.29 is 4.57 Å². The number of imidazole rings is 1. The number of nitrogens with zero attached hydrogens (tertiary/aromatic N) is 1. The van der Waals surface area contributed by atoms with Crippen molar-refractivity contribution in [2.45, 2.75) is 0 Å². The van der Waals surface area contributed by atoms with Gasteiger partial charge in [-0.15, -0.1) is 0 Å². The summed E-state index contributed by atoms with van der Waals surface area (Å²) >= 11 is 0. The van der Waals surface area contributed by atoms with Crippen LogP contribution < -0.4 is 5.57 Å². The standard InChI is InChI=1S/C7H9N2OP/c10-11(5-1-2-6-11)7-8-3-4-9-7/h1-4H,5-6H2,(H,8,9). The minimum Gasteiger partial charge on any atom is -0.342 e. The SMILES string of the molecule is O=P1(c2ncc[nH]2)CC=CC1. The van der Waals surface area contributed by atoms with Crippen LogP contribution in [-0.2, 0) is 4.57 Å². The van der Waals surface area contributed by atoms with Gasteiger partial charge in [-0.2, -0.15) is 0 Å². The Morgan fingerprint density at radius 3 is 2.73 bits per heavy atom. The molecule has 0 aliphatic carbocycles. The molecule has 0 radical (unpaired) electrons. The number of aromatic nitrogens is 2. The highest BCUT2D eigenvalue weighted by Gasteiger charge is 2.27. The third kappa shape index (κ3) is 1.05. The molecule has 1 aliphatic heterocycles. The van der Waals surface area contributed by atoms with Gasteiger partial charge in [0.05, 0.1) is 0 Å². The Morgan fingerprint density at radius 2 is 2.18 bits per heavy atom. The van der Waals surface area contributed by atoms with Crippen LogP contribution in [0.1, 0.15) is 0 Å². The second-order valence-corrected chi connectivity index (χ2v) is 5.57. The average Bonchev–Trinajstić information content (AvgIpc) is 2.55. The summed E-state index contributed by atoms with van der Waals surface area (Å²) in [6.07, 6.45) is 8.62. The lowest BCUT2D eigenvalue weighted by molar-refractivity contribution is 0.584. The highest BCUT2D eigenvalue weighted by Crippen LogP contribution is 2.46. The van der Waals surface area contributed by atoms with Crippen molar-refractivity contribution in [2.24, 2.45) is 0 Å². The minimum absolute atomic E-state index is 0.667. The topological polar surface area (TPSA) is 45.8 Å². The molecule has 0 spiro atoms. The Balaban J connectivity index is 2.37. The summed E-state index contributed by atoms with van der Waals surface area (Å²) in [6.45, 7) is 0. The van der Waals surface area contributed by atoms with Crippen LogP contribution >= 0.6 is 7.14 Å². The molecular formula is C7H9N2OP. The summed E-state index contributed by atoms with van der Waals surface area (Å²) < 4.78 is 11.9. The molecule has 0 unspecified atom stereocenters. The van der Waals surface area contributed by atoms with Gasteiger partial charge in [-0.25, -0.2) is 4.98 Å². The molecule has 1 aromatic heterocycles. The van der Waals surface area contributed by atoms with E-state index in [4.69, 9.17) is 0 Å². The summed E-state index contributed by atoms with van der Waals surface area (Å²) in [4.78, 5) is 6.92. The van der Waals surface area contributed by atoms with Crippen molar-refractivity contribution in [3.05, 3.63) is 24.5 Å². The fourth-order valence-corrected chi connectivity index (χ4v) is 3.28. The van der Waals surface area contributed by atoms with Gasteiger partial charge >= 0.3 is 0 Å². The van der Waals surface area contributed by atoms with Gasteiger partial charge in [0, 0.05) is 24.7 Å². The lowest BCUT2D eigenvalue weighted by Gasteiger charge is -2.05. The molecule has 3 nitrogen and oxygen atoms in total. The van der Waals surface area contributed by atoms with Gasteiger partial charge in [0.25, 0.3) is 0 Å². The summed E-state index contributed by atoms with van der Waals surface area (Å²) in [5.74, 6) is 0. The molecule has 2 heterocycles. The maximum absolute atomic E-state index is 11.9. The van der Waals surface area contributed by atoms with Gasteiger partial charge in [-0.05, 0) is 0 Å². The Labute approximate surface area is 64.9 Å². The van der Waals surface area contributed by atoms with E-state index < -0.39 is 7.14 Å². The van der Waals surface area contributed by atoms with E-state index in [0.717, 1.165) is 0 Å². The summed E-state index contributed by atoms with van der Waals surface area (Å²) in [5, 5.41) is 0. The molecular weight excluding hydrogens is 159 g/mol. The van der Waals surface area contributed by atoms with E-state index in [2.05, 4.69) is 9.97 Å². The smallest absolute Gasteiger partial charge is 0.167 e. The predicted octanol–water partition coefficient (Wildman–Crippen LogP) is 0.968. The number of H-pyrrole nitrogens is 1. The average molecular weight is 168 g/mol. The first kappa shape index (κ1) is 6.86. The molecule has 0 bridgehead atoms. The van der Waals surface area contributed by atoms with Gasteiger partial charge in [0.2, 0.25) is 0 Å². The van der Waals surface area contributed by atoms with Crippen LogP contribution in [0.4, 0.5) is 0 Å². The van der Waals surface area contributed by atoms with Crippen LogP contribution in [0.15, 0.2) is 24.5 Å². The quantitative estimate of drug-likeness (QED) is 0.501. The monoisotopic (exact) mass is 168 g/mol. The fourth-order valence-electron chi connectivity index (χ4n) is 1.22. The van der Waals surface area contributed by atoms with E-state index in [-0.39, 0.29) is 0 Å². The molecule has 1 N–H and O–H groups in total. The van der Waals surface area contributed by atoms with E-state index in [1.807, 2.05) is 12.2 Å².